The molecule has 1 aliphatic heterocycles. The van der Waals surface area contributed by atoms with Crippen LogP contribution in [0.15, 0.2) is 29.4 Å². The van der Waals surface area contributed by atoms with E-state index in [2.05, 4.69) is 15.4 Å². The van der Waals surface area contributed by atoms with E-state index >= 15 is 8.78 Å². The van der Waals surface area contributed by atoms with E-state index in [9.17, 15) is 27.1 Å². The number of pyridine rings is 1. The number of aryl methyl sites for hydroxylation is 1. The van der Waals surface area contributed by atoms with E-state index < -0.39 is 50.2 Å². The van der Waals surface area contributed by atoms with Crippen LogP contribution in [-0.2, 0) is 16.9 Å². The molecule has 0 spiro atoms. The van der Waals surface area contributed by atoms with Gasteiger partial charge in [0, 0.05) is 44.1 Å². The molecule has 3 rings (SSSR count). The summed E-state index contributed by atoms with van der Waals surface area (Å²) in [6.07, 6.45) is -2.85. The normalized spacial score (nSPS) is 16.8. The highest BCUT2D eigenvalue weighted by molar-refractivity contribution is 7.92. The maximum Gasteiger partial charge on any atom is 0.353 e. The van der Waals surface area contributed by atoms with Gasteiger partial charge in [-0.05, 0) is 31.9 Å². The van der Waals surface area contributed by atoms with Crippen LogP contribution < -0.4 is 5.32 Å². The maximum absolute atomic E-state index is 15.0. The lowest BCUT2D eigenvalue weighted by molar-refractivity contribution is 0.000233. The summed E-state index contributed by atoms with van der Waals surface area (Å²) < 4.78 is 82.2. The molecule has 0 saturated carbocycles. The Balaban J connectivity index is 1.69. The maximum atomic E-state index is 15.0. The summed E-state index contributed by atoms with van der Waals surface area (Å²) in [5.41, 5.74) is -0.546. The molecular formula is C19H23F4N5O4S. The molecule has 1 aliphatic rings. The highest BCUT2D eigenvalue weighted by Crippen LogP contribution is 2.42. The average molecular weight is 493 g/mol. The number of urea groups is 1. The largest absolute Gasteiger partial charge is 0.387 e. The van der Waals surface area contributed by atoms with Gasteiger partial charge in [0.25, 0.3) is 6.43 Å². The Hall–Kier alpha value is -2.74. The van der Waals surface area contributed by atoms with Gasteiger partial charge in [0.2, 0.25) is 9.84 Å². The van der Waals surface area contributed by atoms with Crippen LogP contribution in [0.25, 0.3) is 0 Å². The molecular weight excluding hydrogens is 470 g/mol. The zero-order chi connectivity index (χ0) is 24.6. The van der Waals surface area contributed by atoms with Gasteiger partial charge in [-0.3, -0.25) is 9.67 Å². The summed E-state index contributed by atoms with van der Waals surface area (Å²) in [4.78, 5) is 16.5. The number of hydrogen-bond acceptors (Lipinski definition) is 6. The Labute approximate surface area is 187 Å². The number of carbonyl (C=O) groups excluding carboxylic acids is 1. The fraction of sp³-hybridized carbons (Fsp3) is 0.526. The first-order chi connectivity index (χ1) is 15.3. The number of alkyl halides is 4. The zero-order valence-corrected chi connectivity index (χ0v) is 18.6. The Morgan fingerprint density at radius 1 is 1.30 bits per heavy atom. The van der Waals surface area contributed by atoms with Gasteiger partial charge in [0.15, 0.2) is 0 Å². The van der Waals surface area contributed by atoms with E-state index in [-0.39, 0.29) is 25.9 Å². The highest BCUT2D eigenvalue weighted by Gasteiger charge is 2.55. The SMILES string of the molecule is C[C@H](O)c1cc(NC(=O)N2CCC(C(F)(F)S(=O)(=O)c3cn(C)nc3C(F)F)CC2)ccn1. The van der Waals surface area contributed by atoms with E-state index in [1.807, 2.05) is 0 Å². The quantitative estimate of drug-likeness (QED) is 0.598. The molecule has 0 unspecified atom stereocenters. The van der Waals surface area contributed by atoms with Crippen molar-refractivity contribution in [3.63, 3.8) is 0 Å². The number of aromatic nitrogens is 3. The van der Waals surface area contributed by atoms with E-state index in [1.165, 1.54) is 30.2 Å². The van der Waals surface area contributed by atoms with Gasteiger partial charge < -0.3 is 15.3 Å². The molecule has 1 atom stereocenters. The molecule has 14 heteroatoms. The minimum atomic E-state index is -5.44. The van der Waals surface area contributed by atoms with Gasteiger partial charge in [0.1, 0.15) is 10.6 Å². The molecule has 2 aromatic rings. The summed E-state index contributed by atoms with van der Waals surface area (Å²) in [7, 11) is -4.28. The summed E-state index contributed by atoms with van der Waals surface area (Å²) >= 11 is 0. The number of sulfone groups is 1. The summed E-state index contributed by atoms with van der Waals surface area (Å²) in [5.74, 6) is -1.67. The van der Waals surface area contributed by atoms with Crippen LogP contribution in [0.4, 0.5) is 28.0 Å². The first-order valence-corrected chi connectivity index (χ1v) is 11.5. The minimum Gasteiger partial charge on any atom is -0.387 e. The number of rotatable bonds is 6. The third-order valence-electron chi connectivity index (χ3n) is 5.39. The number of piperidine rings is 1. The van der Waals surface area contributed by atoms with Crippen molar-refractivity contribution in [2.75, 3.05) is 18.4 Å². The van der Waals surface area contributed by atoms with Crippen molar-refractivity contribution in [3.8, 4) is 0 Å². The molecule has 0 bridgehead atoms. The van der Waals surface area contributed by atoms with Crippen molar-refractivity contribution in [1.82, 2.24) is 19.7 Å². The van der Waals surface area contributed by atoms with Crippen molar-refractivity contribution >= 4 is 21.6 Å². The van der Waals surface area contributed by atoms with Crippen molar-refractivity contribution in [2.24, 2.45) is 13.0 Å². The first-order valence-electron chi connectivity index (χ1n) is 9.98. The van der Waals surface area contributed by atoms with Crippen LogP contribution in [0.3, 0.4) is 0 Å². The van der Waals surface area contributed by atoms with Crippen molar-refractivity contribution in [2.45, 2.75) is 42.4 Å². The third kappa shape index (κ3) is 4.95. The Morgan fingerprint density at radius 3 is 2.52 bits per heavy atom. The van der Waals surface area contributed by atoms with Gasteiger partial charge in [-0.25, -0.2) is 22.0 Å². The van der Waals surface area contributed by atoms with Gasteiger partial charge in [-0.15, -0.1) is 0 Å². The van der Waals surface area contributed by atoms with Gasteiger partial charge in [0.05, 0.1) is 11.8 Å². The highest BCUT2D eigenvalue weighted by atomic mass is 32.2. The van der Waals surface area contributed by atoms with Crippen LogP contribution in [0.2, 0.25) is 0 Å². The molecule has 33 heavy (non-hydrogen) atoms. The standard InChI is InChI=1S/C19H23F4N5O4S/c1-11(29)14-9-13(3-6-24-14)25-18(30)28-7-4-12(5-8-28)19(22,23)33(31,32)15-10-27(2)26-16(15)17(20)21/h3,6,9-12,17,29H,4-5,7-8H2,1-2H3,(H,24,25,30)/t11-/m0/s1. The lowest BCUT2D eigenvalue weighted by Crippen LogP contribution is -2.47. The molecule has 0 aromatic carbocycles. The molecule has 1 fully saturated rings. The van der Waals surface area contributed by atoms with E-state index in [0.29, 0.717) is 17.6 Å². The number of hydrogen-bond donors (Lipinski definition) is 2. The van der Waals surface area contributed by atoms with Crippen molar-refractivity contribution < 1.29 is 35.9 Å². The molecule has 1 saturated heterocycles. The van der Waals surface area contributed by atoms with Crippen molar-refractivity contribution in [3.05, 3.63) is 35.9 Å². The molecule has 9 nitrogen and oxygen atoms in total. The van der Waals surface area contributed by atoms with Gasteiger partial charge in [-0.2, -0.15) is 13.9 Å². The first kappa shape index (κ1) is 24.9. The number of amides is 2. The van der Waals surface area contributed by atoms with Crippen LogP contribution in [-0.4, -0.2) is 57.6 Å². The lowest BCUT2D eigenvalue weighted by atomic mass is 9.97. The number of aliphatic hydroxyl groups is 1. The number of carbonyl (C=O) groups is 1. The number of nitrogens with zero attached hydrogens (tertiary/aromatic N) is 4. The molecule has 182 valence electrons. The number of nitrogens with one attached hydrogen (secondary N) is 1. The smallest absolute Gasteiger partial charge is 0.353 e. The molecule has 0 aliphatic carbocycles. The van der Waals surface area contributed by atoms with Crippen LogP contribution >= 0.6 is 0 Å². The molecule has 2 amide bonds. The summed E-state index contributed by atoms with van der Waals surface area (Å²) in [6.45, 7) is 1.18. The van der Waals surface area contributed by atoms with Gasteiger partial charge in [-0.1, -0.05) is 0 Å². The minimum absolute atomic E-state index is 0.162. The van der Waals surface area contributed by atoms with E-state index in [4.69, 9.17) is 0 Å². The lowest BCUT2D eigenvalue weighted by Gasteiger charge is -2.35. The molecule has 2 N–H and O–H groups in total. The third-order valence-corrected chi connectivity index (χ3v) is 7.34. The second kappa shape index (κ2) is 9.25. The number of anilines is 1. The van der Waals surface area contributed by atoms with Crippen molar-refractivity contribution in [1.29, 1.82) is 0 Å². The number of likely N-dealkylation sites (tertiary alicyclic amines) is 1. The predicted molar refractivity (Wildman–Crippen MR) is 108 cm³/mol. The fourth-order valence-electron chi connectivity index (χ4n) is 3.58. The van der Waals surface area contributed by atoms with Crippen LogP contribution in [0.5, 0.6) is 0 Å². The second-order valence-corrected chi connectivity index (χ2v) is 9.75. The Morgan fingerprint density at radius 2 is 1.94 bits per heavy atom. The average Bonchev–Trinajstić information content (AvgIpc) is 3.16. The van der Waals surface area contributed by atoms with Crippen LogP contribution in [0.1, 0.15) is 43.7 Å². The summed E-state index contributed by atoms with van der Waals surface area (Å²) in [6, 6.07) is 2.37. The number of halogens is 4. The van der Waals surface area contributed by atoms with Gasteiger partial charge >= 0.3 is 11.3 Å². The predicted octanol–water partition coefficient (Wildman–Crippen LogP) is 3.12. The Kier molecular flexibility index (Phi) is 6.98. The van der Waals surface area contributed by atoms with Crippen LogP contribution in [0, 0.1) is 5.92 Å². The summed E-state index contributed by atoms with van der Waals surface area (Å²) in [5, 5.41) is 11.1. The second-order valence-electron chi connectivity index (χ2n) is 7.76. The van der Waals surface area contributed by atoms with E-state index in [1.54, 1.807) is 0 Å². The molecule has 3 heterocycles. The number of aliphatic hydroxyl groups excluding tert-OH is 1. The Bertz CT molecular complexity index is 1120. The topological polar surface area (TPSA) is 117 Å². The zero-order valence-electron chi connectivity index (χ0n) is 17.8. The van der Waals surface area contributed by atoms with E-state index in [0.717, 1.165) is 11.7 Å². The molecule has 2 aromatic heterocycles. The molecule has 0 radical (unpaired) electrons. The fourth-order valence-corrected chi connectivity index (χ4v) is 5.25. The monoisotopic (exact) mass is 493 g/mol.